The number of carboxylic acid groups (broad SMARTS) is 1. The predicted octanol–water partition coefficient (Wildman–Crippen LogP) is 0.853. The van der Waals surface area contributed by atoms with Crippen LogP contribution in [-0.4, -0.2) is 65.3 Å². The van der Waals surface area contributed by atoms with Crippen molar-refractivity contribution < 1.29 is 19.8 Å². The van der Waals surface area contributed by atoms with Gasteiger partial charge in [-0.25, -0.2) is 4.79 Å². The summed E-state index contributed by atoms with van der Waals surface area (Å²) in [6.45, 7) is 3.50. The zero-order valence-electron chi connectivity index (χ0n) is 11.7. The number of rotatable bonds is 6. The summed E-state index contributed by atoms with van der Waals surface area (Å²) in [6, 6.07) is -0.0976. The molecule has 2 amide bonds. The average molecular weight is 272 g/mol. The molecule has 0 aromatic rings. The lowest BCUT2D eigenvalue weighted by Crippen LogP contribution is -2.40. The van der Waals surface area contributed by atoms with Gasteiger partial charge in [0.15, 0.2) is 0 Å². The number of hydrogen-bond acceptors (Lipinski definition) is 3. The Morgan fingerprint density at radius 3 is 2.47 bits per heavy atom. The van der Waals surface area contributed by atoms with Gasteiger partial charge in [0.05, 0.1) is 5.92 Å². The molecule has 0 aromatic carbocycles. The molecular weight excluding hydrogens is 248 g/mol. The van der Waals surface area contributed by atoms with Crippen LogP contribution in [0.25, 0.3) is 0 Å². The van der Waals surface area contributed by atoms with Crippen molar-refractivity contribution in [3.8, 4) is 0 Å². The van der Waals surface area contributed by atoms with E-state index in [0.29, 0.717) is 19.6 Å². The van der Waals surface area contributed by atoms with E-state index in [4.69, 9.17) is 10.2 Å². The minimum atomic E-state index is -0.826. The van der Waals surface area contributed by atoms with Gasteiger partial charge in [0.1, 0.15) is 0 Å². The maximum Gasteiger partial charge on any atom is 0.319 e. The maximum absolute atomic E-state index is 12.1. The lowest BCUT2D eigenvalue weighted by atomic mass is 9.99. The predicted molar refractivity (Wildman–Crippen MR) is 70.8 cm³/mol. The molecule has 6 nitrogen and oxygen atoms in total. The van der Waals surface area contributed by atoms with Crippen molar-refractivity contribution in [1.29, 1.82) is 0 Å². The number of amides is 2. The van der Waals surface area contributed by atoms with Crippen LogP contribution in [0.1, 0.15) is 26.2 Å². The van der Waals surface area contributed by atoms with Crippen molar-refractivity contribution >= 4 is 12.0 Å². The largest absolute Gasteiger partial charge is 0.481 e. The lowest BCUT2D eigenvalue weighted by molar-refractivity contribution is -0.142. The van der Waals surface area contributed by atoms with Gasteiger partial charge >= 0.3 is 12.0 Å². The molecule has 0 radical (unpaired) electrons. The molecule has 2 unspecified atom stereocenters. The van der Waals surface area contributed by atoms with Crippen molar-refractivity contribution in [1.82, 2.24) is 9.80 Å². The number of urea groups is 1. The molecule has 1 fully saturated rings. The van der Waals surface area contributed by atoms with Crippen LogP contribution < -0.4 is 0 Å². The number of aliphatic hydroxyl groups excluding tert-OH is 1. The molecule has 0 aromatic heterocycles. The van der Waals surface area contributed by atoms with E-state index in [-0.39, 0.29) is 18.6 Å². The fraction of sp³-hybridized carbons (Fsp3) is 0.846. The summed E-state index contributed by atoms with van der Waals surface area (Å²) in [4.78, 5) is 26.4. The molecule has 1 heterocycles. The molecule has 0 saturated carbocycles. The van der Waals surface area contributed by atoms with Gasteiger partial charge in [-0.3, -0.25) is 4.79 Å². The zero-order chi connectivity index (χ0) is 14.4. The van der Waals surface area contributed by atoms with Crippen LogP contribution in [0, 0.1) is 11.8 Å². The topological polar surface area (TPSA) is 81.1 Å². The van der Waals surface area contributed by atoms with Gasteiger partial charge in [-0.2, -0.15) is 0 Å². The van der Waals surface area contributed by atoms with Crippen molar-refractivity contribution in [3.05, 3.63) is 0 Å². The quantitative estimate of drug-likeness (QED) is 0.702. The molecule has 0 aliphatic carbocycles. The van der Waals surface area contributed by atoms with E-state index in [2.05, 4.69) is 0 Å². The first-order chi connectivity index (χ1) is 8.97. The van der Waals surface area contributed by atoms with Crippen LogP contribution in [0.2, 0.25) is 0 Å². The Morgan fingerprint density at radius 2 is 1.95 bits per heavy atom. The van der Waals surface area contributed by atoms with Gasteiger partial charge in [0, 0.05) is 33.3 Å². The number of unbranched alkanes of at least 4 members (excludes halogenated alkanes) is 2. The molecular formula is C13H24N2O4. The first kappa shape index (κ1) is 15.8. The van der Waals surface area contributed by atoms with Gasteiger partial charge in [-0.1, -0.05) is 6.92 Å². The Balaban J connectivity index is 2.39. The van der Waals surface area contributed by atoms with E-state index in [1.807, 2.05) is 6.92 Å². The van der Waals surface area contributed by atoms with Crippen molar-refractivity contribution in [3.63, 3.8) is 0 Å². The highest BCUT2D eigenvalue weighted by molar-refractivity contribution is 5.77. The molecule has 110 valence electrons. The summed E-state index contributed by atoms with van der Waals surface area (Å²) >= 11 is 0. The minimum absolute atomic E-state index is 0.00392. The number of carbonyl (C=O) groups is 2. The maximum atomic E-state index is 12.1. The molecule has 2 N–H and O–H groups in total. The molecule has 19 heavy (non-hydrogen) atoms. The zero-order valence-corrected chi connectivity index (χ0v) is 11.7. The van der Waals surface area contributed by atoms with Crippen LogP contribution in [-0.2, 0) is 4.79 Å². The fourth-order valence-corrected chi connectivity index (χ4v) is 2.42. The smallest absolute Gasteiger partial charge is 0.319 e. The van der Waals surface area contributed by atoms with E-state index in [0.717, 1.165) is 19.3 Å². The number of carboxylic acids is 1. The van der Waals surface area contributed by atoms with Gasteiger partial charge in [0.2, 0.25) is 0 Å². The van der Waals surface area contributed by atoms with E-state index >= 15 is 0 Å². The van der Waals surface area contributed by atoms with Crippen LogP contribution in [0.4, 0.5) is 4.79 Å². The Kier molecular flexibility index (Phi) is 6.08. The standard InChI is InChI=1S/C13H24N2O4/c1-10-8-15(9-11(10)12(17)18)13(19)14(2)6-4-3-5-7-16/h10-11,16H,3-9H2,1-2H3,(H,17,18). The molecule has 1 saturated heterocycles. The molecule has 6 heteroatoms. The van der Waals surface area contributed by atoms with E-state index < -0.39 is 11.9 Å². The third kappa shape index (κ3) is 4.38. The summed E-state index contributed by atoms with van der Waals surface area (Å²) in [5.41, 5.74) is 0. The van der Waals surface area contributed by atoms with Crippen LogP contribution in [0.15, 0.2) is 0 Å². The second-order valence-electron chi connectivity index (χ2n) is 5.32. The summed E-state index contributed by atoms with van der Waals surface area (Å²) in [6.07, 6.45) is 2.50. The van der Waals surface area contributed by atoms with Gasteiger partial charge < -0.3 is 20.0 Å². The second-order valence-corrected chi connectivity index (χ2v) is 5.32. The Morgan fingerprint density at radius 1 is 1.26 bits per heavy atom. The molecule has 1 aliphatic heterocycles. The lowest BCUT2D eigenvalue weighted by Gasteiger charge is -2.24. The number of hydrogen-bond donors (Lipinski definition) is 2. The number of aliphatic hydroxyl groups is 1. The fourth-order valence-electron chi connectivity index (χ4n) is 2.42. The van der Waals surface area contributed by atoms with Crippen LogP contribution in [0.5, 0.6) is 0 Å². The molecule has 2 atom stereocenters. The summed E-state index contributed by atoms with van der Waals surface area (Å²) < 4.78 is 0. The molecule has 1 rings (SSSR count). The Bertz CT molecular complexity index is 322. The Labute approximate surface area is 114 Å². The SMILES string of the molecule is CC1CN(C(=O)N(C)CCCCCO)CC1C(=O)O. The van der Waals surface area contributed by atoms with Crippen LogP contribution in [0.3, 0.4) is 0 Å². The summed E-state index contributed by atoms with van der Waals surface area (Å²) in [5, 5.41) is 17.7. The minimum Gasteiger partial charge on any atom is -0.481 e. The first-order valence-electron chi connectivity index (χ1n) is 6.81. The summed E-state index contributed by atoms with van der Waals surface area (Å²) in [5.74, 6) is -1.27. The number of likely N-dealkylation sites (tertiary alicyclic amines) is 1. The average Bonchev–Trinajstić information content (AvgIpc) is 2.75. The van der Waals surface area contributed by atoms with E-state index in [1.165, 1.54) is 0 Å². The Hall–Kier alpha value is -1.30. The van der Waals surface area contributed by atoms with Crippen LogP contribution >= 0.6 is 0 Å². The molecule has 0 bridgehead atoms. The van der Waals surface area contributed by atoms with Crippen molar-refractivity contribution in [2.45, 2.75) is 26.2 Å². The van der Waals surface area contributed by atoms with Crippen molar-refractivity contribution in [2.24, 2.45) is 11.8 Å². The van der Waals surface area contributed by atoms with E-state index in [9.17, 15) is 9.59 Å². The number of nitrogens with zero attached hydrogens (tertiary/aromatic N) is 2. The monoisotopic (exact) mass is 272 g/mol. The third-order valence-corrected chi connectivity index (χ3v) is 3.68. The first-order valence-corrected chi connectivity index (χ1v) is 6.81. The number of carbonyl (C=O) groups excluding carboxylic acids is 1. The molecule has 1 aliphatic rings. The third-order valence-electron chi connectivity index (χ3n) is 3.68. The van der Waals surface area contributed by atoms with Gasteiger partial charge in [-0.05, 0) is 25.2 Å². The highest BCUT2D eigenvalue weighted by Crippen LogP contribution is 2.23. The highest BCUT2D eigenvalue weighted by atomic mass is 16.4. The number of aliphatic carboxylic acids is 1. The second kappa shape index (κ2) is 7.33. The van der Waals surface area contributed by atoms with Gasteiger partial charge in [0.25, 0.3) is 0 Å². The van der Waals surface area contributed by atoms with Crippen molar-refractivity contribution in [2.75, 3.05) is 33.3 Å². The van der Waals surface area contributed by atoms with Gasteiger partial charge in [-0.15, -0.1) is 0 Å². The normalized spacial score (nSPS) is 22.6. The molecule has 0 spiro atoms. The van der Waals surface area contributed by atoms with E-state index in [1.54, 1.807) is 16.8 Å². The highest BCUT2D eigenvalue weighted by Gasteiger charge is 2.37. The summed E-state index contributed by atoms with van der Waals surface area (Å²) in [7, 11) is 1.74.